The highest BCUT2D eigenvalue weighted by Gasteiger charge is 2.23. The molecule has 2 aliphatic heterocycles. The lowest BCUT2D eigenvalue weighted by molar-refractivity contribution is -0.145. The molecule has 0 aromatic heterocycles. The van der Waals surface area contributed by atoms with Crippen LogP contribution in [0.2, 0.25) is 0 Å². The van der Waals surface area contributed by atoms with Crippen LogP contribution in [0.4, 0.5) is 0 Å². The van der Waals surface area contributed by atoms with Crippen LogP contribution in [0.3, 0.4) is 0 Å². The second-order valence-electron chi connectivity index (χ2n) is 5.94. The molecule has 1 aromatic carbocycles. The zero-order valence-electron chi connectivity index (χ0n) is 14.1. The predicted octanol–water partition coefficient (Wildman–Crippen LogP) is 1.56. The van der Waals surface area contributed by atoms with E-state index in [1.165, 1.54) is 13.4 Å². The summed E-state index contributed by atoms with van der Waals surface area (Å²) in [5, 5.41) is 2.80. The largest absolute Gasteiger partial charge is 0.501 e. The zero-order chi connectivity index (χ0) is 17.6. The molecule has 1 atom stereocenters. The number of fused-ring (bicyclic) bond motifs is 1. The SMILES string of the molecule is COC(=O)[C@@H](CNC(=O)C1=COCCC1)Cc1ccc2c(c1)OCO2. The van der Waals surface area contributed by atoms with Crippen molar-refractivity contribution < 1.29 is 28.5 Å². The molecule has 25 heavy (non-hydrogen) atoms. The molecule has 0 unspecified atom stereocenters. The topological polar surface area (TPSA) is 83.1 Å². The molecule has 134 valence electrons. The summed E-state index contributed by atoms with van der Waals surface area (Å²) < 4.78 is 20.7. The van der Waals surface area contributed by atoms with Gasteiger partial charge in [-0.25, -0.2) is 0 Å². The zero-order valence-corrected chi connectivity index (χ0v) is 14.1. The minimum Gasteiger partial charge on any atom is -0.501 e. The van der Waals surface area contributed by atoms with Crippen LogP contribution in [0.5, 0.6) is 11.5 Å². The number of carbonyl (C=O) groups excluding carboxylic acids is 2. The average molecular weight is 347 g/mol. The van der Waals surface area contributed by atoms with Crippen LogP contribution >= 0.6 is 0 Å². The summed E-state index contributed by atoms with van der Waals surface area (Å²) in [5.41, 5.74) is 1.51. The van der Waals surface area contributed by atoms with Gasteiger partial charge in [-0.1, -0.05) is 6.07 Å². The van der Waals surface area contributed by atoms with Crippen molar-refractivity contribution in [1.82, 2.24) is 5.32 Å². The Morgan fingerprint density at radius 3 is 2.88 bits per heavy atom. The fourth-order valence-electron chi connectivity index (χ4n) is 2.82. The first-order valence-electron chi connectivity index (χ1n) is 8.22. The third-order valence-corrected chi connectivity index (χ3v) is 4.19. The number of carbonyl (C=O) groups is 2. The highest BCUT2D eigenvalue weighted by atomic mass is 16.7. The Balaban J connectivity index is 1.62. The first-order valence-corrected chi connectivity index (χ1v) is 8.22. The van der Waals surface area contributed by atoms with Gasteiger partial charge in [0.1, 0.15) is 0 Å². The van der Waals surface area contributed by atoms with Gasteiger partial charge in [0.2, 0.25) is 12.7 Å². The van der Waals surface area contributed by atoms with Crippen LogP contribution in [0.25, 0.3) is 0 Å². The lowest BCUT2D eigenvalue weighted by Crippen LogP contribution is -2.35. The molecule has 1 aromatic rings. The minimum atomic E-state index is -0.487. The second-order valence-corrected chi connectivity index (χ2v) is 5.94. The standard InChI is InChI=1S/C18H21NO6/c1-22-18(21)14(9-19-17(20)13-3-2-6-23-10-13)7-12-4-5-15-16(8-12)25-11-24-15/h4-5,8,10,14H,2-3,6-7,9,11H2,1H3,(H,19,20)/t14-/m1/s1. The Hall–Kier alpha value is -2.70. The molecule has 0 bridgehead atoms. The van der Waals surface area contributed by atoms with Crippen molar-refractivity contribution in [1.29, 1.82) is 0 Å². The van der Waals surface area contributed by atoms with E-state index in [0.29, 0.717) is 36.5 Å². The van der Waals surface area contributed by atoms with Gasteiger partial charge >= 0.3 is 5.97 Å². The first-order chi connectivity index (χ1) is 12.2. The van der Waals surface area contributed by atoms with Crippen LogP contribution in [-0.2, 0) is 25.5 Å². The van der Waals surface area contributed by atoms with Crippen molar-refractivity contribution in [3.05, 3.63) is 35.6 Å². The molecular weight excluding hydrogens is 326 g/mol. The van der Waals surface area contributed by atoms with Crippen molar-refractivity contribution in [2.24, 2.45) is 5.92 Å². The molecule has 3 rings (SSSR count). The Morgan fingerprint density at radius 1 is 1.28 bits per heavy atom. The molecule has 0 fully saturated rings. The van der Waals surface area contributed by atoms with Gasteiger partial charge in [0.25, 0.3) is 0 Å². The van der Waals surface area contributed by atoms with Gasteiger partial charge in [-0.05, 0) is 37.0 Å². The van der Waals surface area contributed by atoms with Crippen LogP contribution in [0.15, 0.2) is 30.0 Å². The third kappa shape index (κ3) is 4.23. The molecule has 0 saturated carbocycles. The fraction of sp³-hybridized carbons (Fsp3) is 0.444. The van der Waals surface area contributed by atoms with Crippen molar-refractivity contribution >= 4 is 11.9 Å². The van der Waals surface area contributed by atoms with Gasteiger partial charge in [0.05, 0.1) is 31.5 Å². The van der Waals surface area contributed by atoms with Gasteiger partial charge in [-0.15, -0.1) is 0 Å². The summed E-state index contributed by atoms with van der Waals surface area (Å²) in [6.45, 7) is 1.02. The quantitative estimate of drug-likeness (QED) is 0.787. The smallest absolute Gasteiger partial charge is 0.310 e. The normalized spacial score (nSPS) is 16.4. The lowest BCUT2D eigenvalue weighted by Gasteiger charge is -2.18. The minimum absolute atomic E-state index is 0.192. The van der Waals surface area contributed by atoms with Gasteiger partial charge in [-0.2, -0.15) is 0 Å². The average Bonchev–Trinajstić information content (AvgIpc) is 3.12. The molecule has 0 aliphatic carbocycles. The van der Waals surface area contributed by atoms with E-state index in [4.69, 9.17) is 18.9 Å². The molecule has 0 radical (unpaired) electrons. The maximum Gasteiger partial charge on any atom is 0.310 e. The van der Waals surface area contributed by atoms with Crippen LogP contribution in [0.1, 0.15) is 18.4 Å². The summed E-state index contributed by atoms with van der Waals surface area (Å²) in [6.07, 6.45) is 3.41. The first kappa shape index (κ1) is 17.1. The number of methoxy groups -OCH3 is 1. The number of ether oxygens (including phenoxy) is 4. The van der Waals surface area contributed by atoms with E-state index < -0.39 is 5.92 Å². The number of benzene rings is 1. The molecule has 0 spiro atoms. The number of esters is 1. The van der Waals surface area contributed by atoms with E-state index in [0.717, 1.165) is 12.0 Å². The fourth-order valence-corrected chi connectivity index (χ4v) is 2.82. The third-order valence-electron chi connectivity index (χ3n) is 4.19. The number of amides is 1. The van der Waals surface area contributed by atoms with E-state index in [2.05, 4.69) is 5.32 Å². The molecule has 1 amide bonds. The summed E-state index contributed by atoms with van der Waals surface area (Å²) in [7, 11) is 1.34. The predicted molar refractivity (Wildman–Crippen MR) is 88.1 cm³/mol. The maximum atomic E-state index is 12.2. The highest BCUT2D eigenvalue weighted by Crippen LogP contribution is 2.33. The summed E-state index contributed by atoms with van der Waals surface area (Å²) in [5.74, 6) is 0.288. The van der Waals surface area contributed by atoms with Gasteiger partial charge < -0.3 is 24.3 Å². The number of rotatable bonds is 6. The number of hydrogen-bond acceptors (Lipinski definition) is 6. The van der Waals surface area contributed by atoms with Gasteiger partial charge in [0.15, 0.2) is 11.5 Å². The number of nitrogens with one attached hydrogen (secondary N) is 1. The van der Waals surface area contributed by atoms with E-state index in [9.17, 15) is 9.59 Å². The van der Waals surface area contributed by atoms with Crippen molar-refractivity contribution in [3.8, 4) is 11.5 Å². The molecule has 7 heteroatoms. The Labute approximate surface area is 145 Å². The van der Waals surface area contributed by atoms with E-state index in [1.54, 1.807) is 0 Å². The second kappa shape index (κ2) is 7.92. The Bertz CT molecular complexity index is 684. The number of hydrogen-bond donors (Lipinski definition) is 1. The molecule has 2 heterocycles. The molecule has 1 N–H and O–H groups in total. The van der Waals surface area contributed by atoms with Crippen molar-refractivity contribution in [2.75, 3.05) is 27.1 Å². The van der Waals surface area contributed by atoms with Crippen LogP contribution in [0, 0.1) is 5.92 Å². The lowest BCUT2D eigenvalue weighted by atomic mass is 9.98. The Kier molecular flexibility index (Phi) is 5.42. The van der Waals surface area contributed by atoms with Crippen LogP contribution in [-0.4, -0.2) is 38.9 Å². The van der Waals surface area contributed by atoms with Gasteiger partial charge in [-0.3, -0.25) is 9.59 Å². The molecule has 0 saturated heterocycles. The summed E-state index contributed by atoms with van der Waals surface area (Å²) >= 11 is 0. The van der Waals surface area contributed by atoms with Gasteiger partial charge in [0, 0.05) is 6.54 Å². The monoisotopic (exact) mass is 347 g/mol. The van der Waals surface area contributed by atoms with Crippen molar-refractivity contribution in [2.45, 2.75) is 19.3 Å². The van der Waals surface area contributed by atoms with E-state index >= 15 is 0 Å². The van der Waals surface area contributed by atoms with Crippen LogP contribution < -0.4 is 14.8 Å². The summed E-state index contributed by atoms with van der Waals surface area (Å²) in [4.78, 5) is 24.2. The molecular formula is C18H21NO6. The highest BCUT2D eigenvalue weighted by molar-refractivity contribution is 5.93. The summed E-state index contributed by atoms with van der Waals surface area (Å²) in [6, 6.07) is 5.54. The van der Waals surface area contributed by atoms with E-state index in [-0.39, 0.29) is 25.2 Å². The molecule has 2 aliphatic rings. The molecule has 7 nitrogen and oxygen atoms in total. The van der Waals surface area contributed by atoms with E-state index in [1.807, 2.05) is 18.2 Å². The maximum absolute atomic E-state index is 12.2. The Morgan fingerprint density at radius 2 is 2.12 bits per heavy atom. The van der Waals surface area contributed by atoms with Crippen molar-refractivity contribution in [3.63, 3.8) is 0 Å².